The highest BCUT2D eigenvalue weighted by Crippen LogP contribution is 2.20. The minimum Gasteiger partial charge on any atom is -0.467 e. The van der Waals surface area contributed by atoms with Gasteiger partial charge in [-0.05, 0) is 13.0 Å². The van der Waals surface area contributed by atoms with Gasteiger partial charge in [0.1, 0.15) is 23.1 Å². The van der Waals surface area contributed by atoms with Crippen LogP contribution in [-0.4, -0.2) is 42.5 Å². The highest BCUT2D eigenvalue weighted by atomic mass is 35.5. The van der Waals surface area contributed by atoms with Crippen LogP contribution in [0.3, 0.4) is 0 Å². The van der Waals surface area contributed by atoms with E-state index in [9.17, 15) is 4.79 Å². The van der Waals surface area contributed by atoms with Crippen molar-refractivity contribution in [1.29, 1.82) is 0 Å². The van der Waals surface area contributed by atoms with Crippen molar-refractivity contribution in [1.82, 2.24) is 4.90 Å². The van der Waals surface area contributed by atoms with Gasteiger partial charge in [-0.15, -0.1) is 0 Å². The first-order chi connectivity index (χ1) is 8.95. The molecule has 1 aliphatic heterocycles. The van der Waals surface area contributed by atoms with Crippen LogP contribution in [0.2, 0.25) is 0 Å². The van der Waals surface area contributed by atoms with Crippen LogP contribution in [0.4, 0.5) is 0 Å². The molecule has 0 amide bonds. The first-order valence-electron chi connectivity index (χ1n) is 5.64. The summed E-state index contributed by atoms with van der Waals surface area (Å²) < 4.78 is 10.1. The Kier molecular flexibility index (Phi) is 6.34. The predicted molar refractivity (Wildman–Crippen MR) is 75.1 cm³/mol. The maximum atomic E-state index is 11.7. The lowest BCUT2D eigenvalue weighted by molar-refractivity contribution is -0.152. The fourth-order valence-corrected chi connectivity index (χ4v) is 2.05. The standard InChI is InChI=1S/C12H16Cl2N2O3/c1-8(6-11(14)15-9(2)13)16-7-19-5-4-10(16)12(17)18-3/h6,10H,1,4-5,7H2,2-3H3/b11-6-,15-9?. The molecule has 0 bridgehead atoms. The van der Waals surface area contributed by atoms with Crippen LogP contribution < -0.4 is 0 Å². The van der Waals surface area contributed by atoms with E-state index in [1.807, 2.05) is 0 Å². The molecule has 1 atom stereocenters. The molecule has 0 saturated carbocycles. The number of halogens is 2. The average Bonchev–Trinajstić information content (AvgIpc) is 2.36. The molecule has 1 rings (SSSR count). The van der Waals surface area contributed by atoms with Crippen molar-refractivity contribution in [3.05, 3.63) is 23.5 Å². The van der Waals surface area contributed by atoms with Crippen molar-refractivity contribution in [2.45, 2.75) is 19.4 Å². The van der Waals surface area contributed by atoms with E-state index < -0.39 is 6.04 Å². The molecule has 0 aromatic carbocycles. The second-order valence-corrected chi connectivity index (χ2v) is 4.84. The molecule has 0 radical (unpaired) electrons. The zero-order valence-corrected chi connectivity index (χ0v) is 12.4. The fourth-order valence-electron chi connectivity index (χ4n) is 1.67. The molecule has 1 fully saturated rings. The van der Waals surface area contributed by atoms with E-state index in [0.29, 0.717) is 23.9 Å². The molecule has 1 aliphatic rings. The van der Waals surface area contributed by atoms with Gasteiger partial charge in [0, 0.05) is 12.1 Å². The van der Waals surface area contributed by atoms with E-state index in [0.717, 1.165) is 0 Å². The molecule has 19 heavy (non-hydrogen) atoms. The van der Waals surface area contributed by atoms with Crippen LogP contribution in [0.5, 0.6) is 0 Å². The van der Waals surface area contributed by atoms with E-state index in [1.165, 1.54) is 13.2 Å². The lowest BCUT2D eigenvalue weighted by atomic mass is 10.1. The Morgan fingerprint density at radius 1 is 1.58 bits per heavy atom. The summed E-state index contributed by atoms with van der Waals surface area (Å²) in [4.78, 5) is 17.2. The van der Waals surface area contributed by atoms with Crippen molar-refractivity contribution >= 4 is 34.3 Å². The monoisotopic (exact) mass is 306 g/mol. The number of carbonyl (C=O) groups is 1. The minimum atomic E-state index is -0.423. The summed E-state index contributed by atoms with van der Waals surface area (Å²) in [5.74, 6) is -0.328. The number of rotatable bonds is 4. The lowest BCUT2D eigenvalue weighted by Gasteiger charge is -2.35. The molecule has 1 saturated heterocycles. The van der Waals surface area contributed by atoms with Gasteiger partial charge in [0.15, 0.2) is 0 Å². The van der Waals surface area contributed by atoms with E-state index in [4.69, 9.17) is 32.7 Å². The first-order valence-corrected chi connectivity index (χ1v) is 6.40. The van der Waals surface area contributed by atoms with Gasteiger partial charge in [-0.2, -0.15) is 0 Å². The summed E-state index contributed by atoms with van der Waals surface area (Å²) in [6.07, 6.45) is 2.06. The molecule has 1 unspecified atom stereocenters. The van der Waals surface area contributed by atoms with Crippen molar-refractivity contribution in [2.24, 2.45) is 4.99 Å². The van der Waals surface area contributed by atoms with Crippen LogP contribution in [0.15, 0.2) is 28.5 Å². The normalized spacial score (nSPS) is 21.3. The molecule has 0 N–H and O–H groups in total. The second kappa shape index (κ2) is 7.53. The van der Waals surface area contributed by atoms with Gasteiger partial charge in [-0.3, -0.25) is 0 Å². The lowest BCUT2D eigenvalue weighted by Crippen LogP contribution is -2.46. The van der Waals surface area contributed by atoms with Gasteiger partial charge in [-0.1, -0.05) is 29.8 Å². The van der Waals surface area contributed by atoms with Crippen LogP contribution in [0.25, 0.3) is 0 Å². The van der Waals surface area contributed by atoms with Crippen LogP contribution >= 0.6 is 23.2 Å². The summed E-state index contributed by atoms with van der Waals surface area (Å²) in [5.41, 5.74) is 0.516. The predicted octanol–water partition coefficient (Wildman–Crippen LogP) is 2.46. The number of allylic oxidation sites excluding steroid dienone is 1. The SMILES string of the molecule is C=C(/C=C(/Cl)N=C(C)Cl)N1COCCC1C(=O)OC. The minimum absolute atomic E-state index is 0.187. The molecule has 7 heteroatoms. The number of hydrogen-bond acceptors (Lipinski definition) is 5. The van der Waals surface area contributed by atoms with Crippen LogP contribution in [0, 0.1) is 0 Å². The Hall–Kier alpha value is -1.04. The third kappa shape index (κ3) is 4.86. The number of carbonyl (C=O) groups excluding carboxylic acids is 1. The third-order valence-corrected chi connectivity index (χ3v) is 2.81. The molecular formula is C12H16Cl2N2O3. The van der Waals surface area contributed by atoms with Gasteiger partial charge in [0.2, 0.25) is 0 Å². The van der Waals surface area contributed by atoms with Crippen molar-refractivity contribution in [2.75, 3.05) is 20.4 Å². The Bertz CT molecular complexity index is 417. The Morgan fingerprint density at radius 3 is 2.84 bits per heavy atom. The highest BCUT2D eigenvalue weighted by molar-refractivity contribution is 6.65. The number of ether oxygens (including phenoxy) is 2. The maximum Gasteiger partial charge on any atom is 0.328 e. The summed E-state index contributed by atoms with van der Waals surface area (Å²) in [6, 6.07) is -0.423. The van der Waals surface area contributed by atoms with Crippen molar-refractivity contribution in [3.63, 3.8) is 0 Å². The molecule has 1 heterocycles. The number of methoxy groups -OCH3 is 1. The molecule has 0 aromatic rings. The average molecular weight is 307 g/mol. The van der Waals surface area contributed by atoms with Gasteiger partial charge in [0.05, 0.1) is 13.7 Å². The molecule has 0 spiro atoms. The van der Waals surface area contributed by atoms with Gasteiger partial charge in [-0.25, -0.2) is 9.79 Å². The topological polar surface area (TPSA) is 51.1 Å². The summed E-state index contributed by atoms with van der Waals surface area (Å²) >= 11 is 11.5. The number of esters is 1. The second-order valence-electron chi connectivity index (χ2n) is 3.90. The van der Waals surface area contributed by atoms with Crippen LogP contribution in [-0.2, 0) is 14.3 Å². The number of aliphatic imine (C=N–C) groups is 1. The molecular weight excluding hydrogens is 291 g/mol. The molecule has 0 aliphatic carbocycles. The first kappa shape index (κ1) is 16.0. The smallest absolute Gasteiger partial charge is 0.328 e. The third-order valence-electron chi connectivity index (χ3n) is 2.53. The summed E-state index contributed by atoms with van der Waals surface area (Å²) in [5, 5.41) is 0.500. The highest BCUT2D eigenvalue weighted by Gasteiger charge is 2.30. The van der Waals surface area contributed by atoms with E-state index >= 15 is 0 Å². The molecule has 0 aromatic heterocycles. The number of hydrogen-bond donors (Lipinski definition) is 0. The van der Waals surface area contributed by atoms with E-state index in [-0.39, 0.29) is 17.9 Å². The van der Waals surface area contributed by atoms with Gasteiger partial charge < -0.3 is 14.4 Å². The fraction of sp³-hybridized carbons (Fsp3) is 0.500. The zero-order valence-electron chi connectivity index (χ0n) is 10.9. The van der Waals surface area contributed by atoms with E-state index in [1.54, 1.807) is 11.8 Å². The van der Waals surface area contributed by atoms with Gasteiger partial charge in [0.25, 0.3) is 0 Å². The summed E-state index contributed by atoms with van der Waals surface area (Å²) in [6.45, 7) is 6.22. The maximum absolute atomic E-state index is 11.7. The summed E-state index contributed by atoms with van der Waals surface area (Å²) in [7, 11) is 1.35. The van der Waals surface area contributed by atoms with Gasteiger partial charge >= 0.3 is 5.97 Å². The van der Waals surface area contributed by atoms with Crippen molar-refractivity contribution < 1.29 is 14.3 Å². The Balaban J connectivity index is 2.83. The largest absolute Gasteiger partial charge is 0.467 e. The molecule has 106 valence electrons. The quantitative estimate of drug-likeness (QED) is 0.346. The zero-order chi connectivity index (χ0) is 14.4. The Labute approximate surface area is 122 Å². The van der Waals surface area contributed by atoms with E-state index in [2.05, 4.69) is 11.6 Å². The van der Waals surface area contributed by atoms with Crippen molar-refractivity contribution in [3.8, 4) is 0 Å². The van der Waals surface area contributed by atoms with Crippen LogP contribution in [0.1, 0.15) is 13.3 Å². The molecule has 5 nitrogen and oxygen atoms in total. The Morgan fingerprint density at radius 2 is 2.26 bits per heavy atom. The number of nitrogens with zero attached hydrogens (tertiary/aromatic N) is 2.